The summed E-state index contributed by atoms with van der Waals surface area (Å²) in [5.41, 5.74) is 0.479. The van der Waals surface area contributed by atoms with Gasteiger partial charge in [0.05, 0.1) is 6.10 Å². The lowest BCUT2D eigenvalue weighted by molar-refractivity contribution is 0.198. The summed E-state index contributed by atoms with van der Waals surface area (Å²) >= 11 is 0. The Balaban J connectivity index is 2.85. The van der Waals surface area contributed by atoms with Gasteiger partial charge in [-0.05, 0) is 24.6 Å². The van der Waals surface area contributed by atoms with Crippen LogP contribution in [0.4, 0.5) is 4.39 Å². The van der Waals surface area contributed by atoms with Gasteiger partial charge in [-0.2, -0.15) is 5.26 Å². The molecule has 4 heteroatoms. The number of ether oxygens (including phenoxy) is 1. The fraction of sp³-hybridized carbons (Fsp3) is 0.300. The molecule has 74 valence electrons. The number of aliphatic hydroxyl groups excluding tert-OH is 1. The maximum atomic E-state index is 13.2. The first-order valence-corrected chi connectivity index (χ1v) is 4.12. The standard InChI is InChI=1S/C10H10FNO2/c1-7(13)8-2-3-10(9(11)6-8)14-5-4-12/h2-3,6-7,13H,5H2,1H3. The quantitative estimate of drug-likeness (QED) is 0.799. The summed E-state index contributed by atoms with van der Waals surface area (Å²) < 4.78 is 18.0. The molecule has 0 amide bonds. The van der Waals surface area contributed by atoms with E-state index in [4.69, 9.17) is 15.1 Å². The molecule has 0 spiro atoms. The first-order valence-electron chi connectivity index (χ1n) is 4.12. The third-order valence-electron chi connectivity index (χ3n) is 1.73. The van der Waals surface area contributed by atoms with Crippen molar-refractivity contribution in [1.29, 1.82) is 5.26 Å². The molecule has 0 fully saturated rings. The largest absolute Gasteiger partial charge is 0.476 e. The number of hydrogen-bond donors (Lipinski definition) is 1. The van der Waals surface area contributed by atoms with Crippen LogP contribution in [0.2, 0.25) is 0 Å². The van der Waals surface area contributed by atoms with Gasteiger partial charge in [0.2, 0.25) is 0 Å². The van der Waals surface area contributed by atoms with E-state index in [0.29, 0.717) is 5.56 Å². The molecule has 0 aliphatic heterocycles. The number of nitriles is 1. The summed E-state index contributed by atoms with van der Waals surface area (Å²) in [5.74, 6) is -0.547. The van der Waals surface area contributed by atoms with Gasteiger partial charge in [0, 0.05) is 0 Å². The highest BCUT2D eigenvalue weighted by molar-refractivity contribution is 5.30. The minimum Gasteiger partial charge on any atom is -0.476 e. The number of rotatable bonds is 3. The third-order valence-corrected chi connectivity index (χ3v) is 1.73. The average Bonchev–Trinajstić information content (AvgIpc) is 2.15. The van der Waals surface area contributed by atoms with Gasteiger partial charge in [-0.1, -0.05) is 6.07 Å². The van der Waals surface area contributed by atoms with Gasteiger partial charge in [0.15, 0.2) is 18.2 Å². The Morgan fingerprint density at radius 2 is 2.36 bits per heavy atom. The summed E-state index contributed by atoms with van der Waals surface area (Å²) in [6, 6.07) is 5.89. The van der Waals surface area contributed by atoms with E-state index in [-0.39, 0.29) is 12.4 Å². The van der Waals surface area contributed by atoms with Crippen LogP contribution in [0.5, 0.6) is 5.75 Å². The van der Waals surface area contributed by atoms with E-state index in [0.717, 1.165) is 0 Å². The topological polar surface area (TPSA) is 53.2 Å². The van der Waals surface area contributed by atoms with Crippen molar-refractivity contribution in [3.8, 4) is 11.8 Å². The SMILES string of the molecule is CC(O)c1ccc(OCC#N)c(F)c1. The normalized spacial score (nSPS) is 11.9. The molecule has 1 aromatic rings. The van der Waals surface area contributed by atoms with E-state index in [9.17, 15) is 4.39 Å². The predicted octanol–water partition coefficient (Wildman–Crippen LogP) is 1.78. The van der Waals surface area contributed by atoms with Crippen LogP contribution in [-0.2, 0) is 0 Å². The molecule has 3 nitrogen and oxygen atoms in total. The molecular weight excluding hydrogens is 185 g/mol. The minimum atomic E-state index is -0.713. The van der Waals surface area contributed by atoms with Crippen molar-refractivity contribution in [3.05, 3.63) is 29.6 Å². The first-order chi connectivity index (χ1) is 6.65. The van der Waals surface area contributed by atoms with Gasteiger partial charge < -0.3 is 9.84 Å². The maximum absolute atomic E-state index is 13.2. The van der Waals surface area contributed by atoms with Gasteiger partial charge >= 0.3 is 0 Å². The van der Waals surface area contributed by atoms with E-state index >= 15 is 0 Å². The van der Waals surface area contributed by atoms with Gasteiger partial charge in [-0.15, -0.1) is 0 Å². The molecule has 0 heterocycles. The van der Waals surface area contributed by atoms with Crippen LogP contribution in [0, 0.1) is 17.1 Å². The number of aliphatic hydroxyl groups is 1. The van der Waals surface area contributed by atoms with Crippen molar-refractivity contribution in [2.75, 3.05) is 6.61 Å². The van der Waals surface area contributed by atoms with Crippen LogP contribution in [0.3, 0.4) is 0 Å². The second-order valence-corrected chi connectivity index (χ2v) is 2.81. The predicted molar refractivity (Wildman–Crippen MR) is 48.1 cm³/mol. The van der Waals surface area contributed by atoms with Crippen LogP contribution in [0.15, 0.2) is 18.2 Å². The molecule has 14 heavy (non-hydrogen) atoms. The molecule has 0 saturated heterocycles. The molecule has 0 aliphatic rings. The maximum Gasteiger partial charge on any atom is 0.174 e. The molecule has 0 radical (unpaired) electrons. The summed E-state index contributed by atoms with van der Waals surface area (Å²) in [6.45, 7) is 1.36. The lowest BCUT2D eigenvalue weighted by Gasteiger charge is -2.07. The smallest absolute Gasteiger partial charge is 0.174 e. The van der Waals surface area contributed by atoms with Gasteiger partial charge in [-0.3, -0.25) is 0 Å². The minimum absolute atomic E-state index is 0.0240. The molecule has 0 saturated carbocycles. The number of nitrogens with zero attached hydrogens (tertiary/aromatic N) is 1. The molecule has 0 bridgehead atoms. The van der Waals surface area contributed by atoms with Crippen LogP contribution >= 0.6 is 0 Å². The van der Waals surface area contributed by atoms with Crippen molar-refractivity contribution in [2.45, 2.75) is 13.0 Å². The van der Waals surface area contributed by atoms with Crippen molar-refractivity contribution < 1.29 is 14.2 Å². The Morgan fingerprint density at radius 1 is 1.64 bits per heavy atom. The van der Waals surface area contributed by atoms with Crippen molar-refractivity contribution >= 4 is 0 Å². The number of hydrogen-bond acceptors (Lipinski definition) is 3. The van der Waals surface area contributed by atoms with Gasteiger partial charge in [0.25, 0.3) is 0 Å². The number of benzene rings is 1. The summed E-state index contributed by atoms with van der Waals surface area (Å²) in [4.78, 5) is 0. The zero-order valence-corrected chi connectivity index (χ0v) is 7.70. The van der Waals surface area contributed by atoms with Crippen LogP contribution in [-0.4, -0.2) is 11.7 Å². The molecular formula is C10H10FNO2. The lowest BCUT2D eigenvalue weighted by atomic mass is 10.1. The van der Waals surface area contributed by atoms with E-state index in [1.54, 1.807) is 19.1 Å². The lowest BCUT2D eigenvalue weighted by Crippen LogP contribution is -1.98. The Labute approximate surface area is 81.4 Å². The molecule has 1 unspecified atom stereocenters. The van der Waals surface area contributed by atoms with E-state index < -0.39 is 11.9 Å². The van der Waals surface area contributed by atoms with Crippen molar-refractivity contribution in [2.24, 2.45) is 0 Å². The van der Waals surface area contributed by atoms with Crippen LogP contribution in [0.25, 0.3) is 0 Å². The molecule has 1 N–H and O–H groups in total. The van der Waals surface area contributed by atoms with Crippen molar-refractivity contribution in [3.63, 3.8) is 0 Å². The van der Waals surface area contributed by atoms with E-state index in [1.165, 1.54) is 12.1 Å². The molecule has 1 rings (SSSR count). The van der Waals surface area contributed by atoms with Gasteiger partial charge in [-0.25, -0.2) is 4.39 Å². The van der Waals surface area contributed by atoms with E-state index in [2.05, 4.69) is 0 Å². The highest BCUT2D eigenvalue weighted by Gasteiger charge is 2.07. The Bertz CT molecular complexity index is 358. The average molecular weight is 195 g/mol. The highest BCUT2D eigenvalue weighted by Crippen LogP contribution is 2.21. The summed E-state index contributed by atoms with van der Waals surface area (Å²) in [6.07, 6.45) is -0.713. The Hall–Kier alpha value is -1.60. The Kier molecular flexibility index (Phi) is 3.43. The summed E-state index contributed by atoms with van der Waals surface area (Å²) in [5, 5.41) is 17.4. The number of halogens is 1. The molecule has 0 aromatic heterocycles. The van der Waals surface area contributed by atoms with Crippen molar-refractivity contribution in [1.82, 2.24) is 0 Å². The zero-order chi connectivity index (χ0) is 10.6. The monoisotopic (exact) mass is 195 g/mol. The fourth-order valence-electron chi connectivity index (χ4n) is 1.00. The second kappa shape index (κ2) is 4.58. The Morgan fingerprint density at radius 3 is 2.86 bits per heavy atom. The van der Waals surface area contributed by atoms with Crippen LogP contribution in [0.1, 0.15) is 18.6 Å². The fourth-order valence-corrected chi connectivity index (χ4v) is 1.00. The summed E-state index contributed by atoms with van der Waals surface area (Å²) in [7, 11) is 0. The molecule has 0 aliphatic carbocycles. The zero-order valence-electron chi connectivity index (χ0n) is 7.70. The highest BCUT2D eigenvalue weighted by atomic mass is 19.1. The third kappa shape index (κ3) is 2.44. The molecule has 1 atom stereocenters. The molecule has 1 aromatic carbocycles. The van der Waals surface area contributed by atoms with Crippen LogP contribution < -0.4 is 4.74 Å². The van der Waals surface area contributed by atoms with E-state index in [1.807, 2.05) is 0 Å². The first kappa shape index (κ1) is 10.5. The second-order valence-electron chi connectivity index (χ2n) is 2.81. The van der Waals surface area contributed by atoms with Gasteiger partial charge in [0.1, 0.15) is 6.07 Å².